The Morgan fingerprint density at radius 1 is 1.00 bits per heavy atom. The van der Waals surface area contributed by atoms with E-state index in [0.29, 0.717) is 15.6 Å². The average molecular weight is 556 g/mol. The molecule has 0 radical (unpaired) electrons. The molecule has 0 unspecified atom stereocenters. The van der Waals surface area contributed by atoms with E-state index in [1.54, 1.807) is 24.3 Å². The van der Waals surface area contributed by atoms with Crippen LogP contribution in [0.1, 0.15) is 24.1 Å². The summed E-state index contributed by atoms with van der Waals surface area (Å²) in [5.74, 6) is -0.419. The van der Waals surface area contributed by atoms with Crippen molar-refractivity contribution in [2.45, 2.75) is 24.4 Å². The first-order valence-electron chi connectivity index (χ1n) is 9.70. The largest absolute Gasteiger partial charge is 0.348 e. The van der Waals surface area contributed by atoms with Crippen LogP contribution in [-0.4, -0.2) is 25.2 Å². The number of nitrogens with one attached hydrogen (secondary N) is 1. The van der Waals surface area contributed by atoms with Gasteiger partial charge in [-0.05, 0) is 66.6 Å². The van der Waals surface area contributed by atoms with E-state index in [-0.39, 0.29) is 24.0 Å². The number of sulfonamides is 1. The summed E-state index contributed by atoms with van der Waals surface area (Å²) in [5, 5.41) is 3.78. The smallest absolute Gasteiger partial charge is 0.243 e. The monoisotopic (exact) mass is 554 g/mol. The summed E-state index contributed by atoms with van der Waals surface area (Å²) < 4.78 is 28.7. The van der Waals surface area contributed by atoms with Crippen LogP contribution in [0.3, 0.4) is 0 Å². The van der Waals surface area contributed by atoms with Gasteiger partial charge in [-0.15, -0.1) is 0 Å². The highest BCUT2D eigenvalue weighted by Crippen LogP contribution is 2.22. The van der Waals surface area contributed by atoms with E-state index in [9.17, 15) is 13.2 Å². The maximum atomic E-state index is 13.3. The molecule has 168 valence electrons. The third kappa shape index (κ3) is 6.56. The molecule has 0 aliphatic carbocycles. The SMILES string of the molecule is C[C@H](NC(=O)CN(Cc1cccc(Cl)c1)S(=O)(=O)c1ccc(Cl)cc1)c1cccc(Br)c1. The first-order chi connectivity index (χ1) is 15.1. The maximum absolute atomic E-state index is 13.3. The van der Waals surface area contributed by atoms with Crippen molar-refractivity contribution in [3.05, 3.63) is 98.4 Å². The fraction of sp³-hybridized carbons (Fsp3) is 0.174. The molecule has 0 aliphatic rings. The lowest BCUT2D eigenvalue weighted by Crippen LogP contribution is -2.41. The van der Waals surface area contributed by atoms with Gasteiger partial charge in [-0.25, -0.2) is 8.42 Å². The van der Waals surface area contributed by atoms with Crippen LogP contribution in [0, 0.1) is 0 Å². The average Bonchev–Trinajstić information content (AvgIpc) is 2.73. The number of nitrogens with zero attached hydrogens (tertiary/aromatic N) is 1. The molecule has 0 aromatic heterocycles. The molecule has 1 amide bonds. The molecule has 3 aromatic carbocycles. The Balaban J connectivity index is 1.84. The summed E-state index contributed by atoms with van der Waals surface area (Å²) in [7, 11) is -3.97. The van der Waals surface area contributed by atoms with Gasteiger partial charge in [0.1, 0.15) is 0 Å². The van der Waals surface area contributed by atoms with Gasteiger partial charge in [-0.1, -0.05) is 63.4 Å². The number of amides is 1. The molecule has 0 heterocycles. The number of carbonyl (C=O) groups excluding carboxylic acids is 1. The quantitative estimate of drug-likeness (QED) is 0.380. The number of halogens is 3. The van der Waals surface area contributed by atoms with Gasteiger partial charge < -0.3 is 5.32 Å². The second-order valence-electron chi connectivity index (χ2n) is 7.20. The number of carbonyl (C=O) groups is 1. The van der Waals surface area contributed by atoms with E-state index < -0.39 is 15.9 Å². The predicted octanol–water partition coefficient (Wildman–Crippen LogP) is 5.82. The molecule has 9 heteroatoms. The molecule has 5 nitrogen and oxygen atoms in total. The summed E-state index contributed by atoms with van der Waals surface area (Å²) in [6.45, 7) is 1.48. The Bertz CT molecular complexity index is 1200. The molecule has 1 atom stereocenters. The number of hydrogen-bond acceptors (Lipinski definition) is 3. The molecule has 1 N–H and O–H groups in total. The van der Waals surface area contributed by atoms with Crippen molar-refractivity contribution in [2.24, 2.45) is 0 Å². The van der Waals surface area contributed by atoms with Gasteiger partial charge in [-0.3, -0.25) is 4.79 Å². The molecular formula is C23H21BrCl2N2O3S. The summed E-state index contributed by atoms with van der Waals surface area (Å²) in [5.41, 5.74) is 1.57. The summed E-state index contributed by atoms with van der Waals surface area (Å²) in [4.78, 5) is 12.9. The van der Waals surface area contributed by atoms with Crippen molar-refractivity contribution in [2.75, 3.05) is 6.54 Å². The van der Waals surface area contributed by atoms with E-state index in [2.05, 4.69) is 21.2 Å². The summed E-state index contributed by atoms with van der Waals surface area (Å²) >= 11 is 15.4. The van der Waals surface area contributed by atoms with Crippen LogP contribution >= 0.6 is 39.1 Å². The van der Waals surface area contributed by atoms with E-state index >= 15 is 0 Å². The Labute approximate surface area is 206 Å². The minimum absolute atomic E-state index is 0.00972. The second kappa shape index (κ2) is 10.8. The molecule has 3 rings (SSSR count). The maximum Gasteiger partial charge on any atom is 0.243 e. The third-order valence-corrected chi connectivity index (χ3v) is 7.53. The number of rotatable bonds is 8. The van der Waals surface area contributed by atoms with Crippen molar-refractivity contribution in [3.63, 3.8) is 0 Å². The first-order valence-corrected chi connectivity index (χ1v) is 12.7. The van der Waals surface area contributed by atoms with Crippen LogP contribution in [0.4, 0.5) is 0 Å². The zero-order valence-electron chi connectivity index (χ0n) is 17.1. The van der Waals surface area contributed by atoms with Crippen molar-refractivity contribution in [1.82, 2.24) is 9.62 Å². The molecule has 0 bridgehead atoms. The van der Waals surface area contributed by atoms with Crippen LogP contribution in [0.15, 0.2) is 82.2 Å². The molecule has 0 saturated heterocycles. The van der Waals surface area contributed by atoms with Crippen LogP contribution in [-0.2, 0) is 21.4 Å². The van der Waals surface area contributed by atoms with E-state index in [1.807, 2.05) is 31.2 Å². The number of benzene rings is 3. The Morgan fingerprint density at radius 2 is 1.69 bits per heavy atom. The van der Waals surface area contributed by atoms with Crippen LogP contribution < -0.4 is 5.32 Å². The van der Waals surface area contributed by atoms with Gasteiger partial charge in [-0.2, -0.15) is 4.31 Å². The van der Waals surface area contributed by atoms with E-state index in [0.717, 1.165) is 14.3 Å². The molecule has 0 fully saturated rings. The Hall–Kier alpha value is -1.90. The van der Waals surface area contributed by atoms with Crippen LogP contribution in [0.2, 0.25) is 10.0 Å². The van der Waals surface area contributed by atoms with E-state index in [4.69, 9.17) is 23.2 Å². The zero-order chi connectivity index (χ0) is 23.3. The van der Waals surface area contributed by atoms with Gasteiger partial charge in [0.05, 0.1) is 17.5 Å². The fourth-order valence-electron chi connectivity index (χ4n) is 3.13. The van der Waals surface area contributed by atoms with Gasteiger partial charge in [0.15, 0.2) is 0 Å². The molecule has 0 aliphatic heterocycles. The van der Waals surface area contributed by atoms with Gasteiger partial charge >= 0.3 is 0 Å². The molecule has 3 aromatic rings. The Kier molecular flexibility index (Phi) is 8.36. The first kappa shape index (κ1) is 24.7. The minimum atomic E-state index is -3.97. The highest BCUT2D eigenvalue weighted by Gasteiger charge is 2.27. The van der Waals surface area contributed by atoms with Crippen LogP contribution in [0.25, 0.3) is 0 Å². The van der Waals surface area contributed by atoms with Crippen molar-refractivity contribution in [1.29, 1.82) is 0 Å². The van der Waals surface area contributed by atoms with Crippen molar-refractivity contribution < 1.29 is 13.2 Å². The lowest BCUT2D eigenvalue weighted by atomic mass is 10.1. The van der Waals surface area contributed by atoms with E-state index in [1.165, 1.54) is 24.3 Å². The minimum Gasteiger partial charge on any atom is -0.348 e. The third-order valence-electron chi connectivity index (χ3n) is 4.75. The fourth-order valence-corrected chi connectivity index (χ4v) is 5.27. The van der Waals surface area contributed by atoms with Gasteiger partial charge in [0.25, 0.3) is 0 Å². The topological polar surface area (TPSA) is 66.5 Å². The summed E-state index contributed by atoms with van der Waals surface area (Å²) in [6, 6.07) is 20.0. The van der Waals surface area contributed by atoms with Crippen molar-refractivity contribution >= 4 is 55.1 Å². The standard InChI is InChI=1S/C23H21BrCl2N2O3S/c1-16(18-5-3-6-19(24)13-18)27-23(29)15-28(14-17-4-2-7-21(26)12-17)32(30,31)22-10-8-20(25)9-11-22/h2-13,16H,14-15H2,1H3,(H,27,29)/t16-/m0/s1. The summed E-state index contributed by atoms with van der Waals surface area (Å²) in [6.07, 6.45) is 0. The van der Waals surface area contributed by atoms with Gasteiger partial charge in [0.2, 0.25) is 15.9 Å². The molecular weight excluding hydrogens is 535 g/mol. The molecule has 0 saturated carbocycles. The molecule has 32 heavy (non-hydrogen) atoms. The zero-order valence-corrected chi connectivity index (χ0v) is 21.0. The highest BCUT2D eigenvalue weighted by molar-refractivity contribution is 9.10. The lowest BCUT2D eigenvalue weighted by molar-refractivity contribution is -0.122. The second-order valence-corrected chi connectivity index (χ2v) is 10.9. The van der Waals surface area contributed by atoms with Crippen LogP contribution in [0.5, 0.6) is 0 Å². The number of hydrogen-bond donors (Lipinski definition) is 1. The highest BCUT2D eigenvalue weighted by atomic mass is 79.9. The van der Waals surface area contributed by atoms with Crippen molar-refractivity contribution in [3.8, 4) is 0 Å². The normalized spacial score (nSPS) is 12.5. The van der Waals surface area contributed by atoms with Gasteiger partial charge in [0, 0.05) is 21.1 Å². The molecule has 0 spiro atoms. The Morgan fingerprint density at radius 3 is 2.34 bits per heavy atom. The lowest BCUT2D eigenvalue weighted by Gasteiger charge is -2.23. The predicted molar refractivity (Wildman–Crippen MR) is 131 cm³/mol.